The van der Waals surface area contributed by atoms with Crippen LogP contribution in [0.2, 0.25) is 0 Å². The van der Waals surface area contributed by atoms with Crippen molar-refractivity contribution in [3.05, 3.63) is 28.0 Å². The van der Waals surface area contributed by atoms with Crippen LogP contribution >= 0.6 is 0 Å². The molecule has 1 aromatic rings. The van der Waals surface area contributed by atoms with E-state index in [-0.39, 0.29) is 34.0 Å². The number of aliphatic hydroxyl groups excluding tert-OH is 1. The number of aromatic amines is 1. The number of rotatable bonds is 4. The second kappa shape index (κ2) is 5.92. The number of nitrogens with zero attached hydrogens (tertiary/aromatic N) is 2. The van der Waals surface area contributed by atoms with Crippen molar-refractivity contribution in [2.45, 2.75) is 26.7 Å². The minimum Gasteiger partial charge on any atom is -0.511 e. The zero-order valence-electron chi connectivity index (χ0n) is 12.2. The highest BCUT2D eigenvalue weighted by Gasteiger charge is 2.32. The third kappa shape index (κ3) is 3.27. The quantitative estimate of drug-likeness (QED) is 0.570. The van der Waals surface area contributed by atoms with E-state index in [9.17, 15) is 19.5 Å². The molecule has 0 spiro atoms. The van der Waals surface area contributed by atoms with E-state index in [1.807, 2.05) is 13.8 Å². The van der Waals surface area contributed by atoms with Gasteiger partial charge in [-0.2, -0.15) is 0 Å². The van der Waals surface area contributed by atoms with Crippen LogP contribution in [0.1, 0.15) is 26.7 Å². The van der Waals surface area contributed by atoms with Gasteiger partial charge in [0.05, 0.1) is 11.9 Å². The van der Waals surface area contributed by atoms with Crippen LogP contribution in [0.5, 0.6) is 0 Å². The summed E-state index contributed by atoms with van der Waals surface area (Å²) >= 11 is 0. The molecule has 0 radical (unpaired) electrons. The predicted octanol–water partition coefficient (Wildman–Crippen LogP) is 1.24. The van der Waals surface area contributed by atoms with Gasteiger partial charge in [0.25, 0.3) is 5.56 Å². The molecule has 0 aromatic carbocycles. The van der Waals surface area contributed by atoms with E-state index in [4.69, 9.17) is 0 Å². The van der Waals surface area contributed by atoms with Crippen LogP contribution in [0.15, 0.2) is 27.4 Å². The Bertz CT molecular complexity index is 731. The van der Waals surface area contributed by atoms with E-state index in [1.165, 1.54) is 6.21 Å². The number of hydrogen-bond donors (Lipinski definition) is 3. The van der Waals surface area contributed by atoms with Gasteiger partial charge in [0.1, 0.15) is 5.76 Å². The lowest BCUT2D eigenvalue weighted by atomic mass is 9.77. The van der Waals surface area contributed by atoms with Crippen molar-refractivity contribution < 1.29 is 14.7 Å². The van der Waals surface area contributed by atoms with Gasteiger partial charge in [-0.05, 0) is 5.41 Å². The number of H-pyrrole nitrogens is 1. The van der Waals surface area contributed by atoms with Gasteiger partial charge in [0.15, 0.2) is 17.3 Å². The largest absolute Gasteiger partial charge is 0.511 e. The molecule has 0 unspecified atom stereocenters. The molecule has 0 bridgehead atoms. The first-order valence-corrected chi connectivity index (χ1v) is 6.61. The number of allylic oxidation sites excluding steroid dienone is 2. The third-order valence-corrected chi connectivity index (χ3v) is 3.25. The summed E-state index contributed by atoms with van der Waals surface area (Å²) in [6, 6.07) is 0. The van der Waals surface area contributed by atoms with Gasteiger partial charge in [-0.1, -0.05) is 13.8 Å². The molecule has 22 heavy (non-hydrogen) atoms. The number of aromatic nitrogens is 2. The Morgan fingerprint density at radius 2 is 2.14 bits per heavy atom. The van der Waals surface area contributed by atoms with E-state index < -0.39 is 5.56 Å². The number of nitrogens with one attached hydrogen (secondary N) is 2. The first-order valence-electron chi connectivity index (χ1n) is 6.61. The van der Waals surface area contributed by atoms with Gasteiger partial charge >= 0.3 is 0 Å². The summed E-state index contributed by atoms with van der Waals surface area (Å²) in [4.78, 5) is 44.2. The molecule has 8 nitrogen and oxygen atoms in total. The van der Waals surface area contributed by atoms with E-state index in [1.54, 1.807) is 0 Å². The maximum absolute atomic E-state index is 12.0. The molecule has 3 N–H and O–H groups in total. The van der Waals surface area contributed by atoms with Crippen LogP contribution in [0, 0.1) is 5.41 Å². The smallest absolute Gasteiger partial charge is 0.276 e. The van der Waals surface area contributed by atoms with E-state index in [0.29, 0.717) is 19.3 Å². The van der Waals surface area contributed by atoms with Crippen LogP contribution in [-0.4, -0.2) is 33.5 Å². The molecule has 0 fully saturated rings. The molecule has 8 heteroatoms. The molecule has 1 aliphatic rings. The Labute approximate surface area is 126 Å². The second-order valence-corrected chi connectivity index (χ2v) is 5.75. The molecule has 1 aliphatic carbocycles. The zero-order chi connectivity index (χ0) is 16.3. The summed E-state index contributed by atoms with van der Waals surface area (Å²) in [5.74, 6) is -0.319. The van der Waals surface area contributed by atoms with Crippen LogP contribution in [0.25, 0.3) is 0 Å². The lowest BCUT2D eigenvalue weighted by Crippen LogP contribution is -2.26. The monoisotopic (exact) mass is 304 g/mol. The Morgan fingerprint density at radius 3 is 2.77 bits per heavy atom. The van der Waals surface area contributed by atoms with Gasteiger partial charge in [0, 0.05) is 19.1 Å². The van der Waals surface area contributed by atoms with Gasteiger partial charge < -0.3 is 15.4 Å². The van der Waals surface area contributed by atoms with Crippen molar-refractivity contribution in [2.24, 2.45) is 10.4 Å². The number of aliphatic hydroxyl groups is 1. The standard InChI is InChI=1S/C14H16N4O4/c1-14(2)3-9(20)8(10(21)4-14)5-15-12-11(18-7-19)13(22)17-6-16-12/h5-7,20H,3-4H2,1-2H3,(H,18,19)(H,16,17,22)/b15-5+. The summed E-state index contributed by atoms with van der Waals surface area (Å²) in [5.41, 5.74) is -0.898. The molecule has 0 aliphatic heterocycles. The second-order valence-electron chi connectivity index (χ2n) is 5.75. The highest BCUT2D eigenvalue weighted by atomic mass is 16.3. The normalized spacial score (nSPS) is 17.8. The van der Waals surface area contributed by atoms with Crippen molar-refractivity contribution in [3.8, 4) is 0 Å². The molecule has 1 aromatic heterocycles. The average molecular weight is 304 g/mol. The van der Waals surface area contributed by atoms with Crippen LogP contribution in [-0.2, 0) is 9.59 Å². The fourth-order valence-electron chi connectivity index (χ4n) is 2.25. The summed E-state index contributed by atoms with van der Waals surface area (Å²) in [7, 11) is 0. The summed E-state index contributed by atoms with van der Waals surface area (Å²) in [5, 5.41) is 12.2. The molecular formula is C14H16N4O4. The highest BCUT2D eigenvalue weighted by Crippen LogP contribution is 2.35. The molecule has 116 valence electrons. The Balaban J connectivity index is 2.37. The van der Waals surface area contributed by atoms with Gasteiger partial charge in [-0.3, -0.25) is 14.4 Å². The molecule has 0 saturated heterocycles. The van der Waals surface area contributed by atoms with Crippen LogP contribution in [0.3, 0.4) is 0 Å². The molecule has 0 saturated carbocycles. The average Bonchev–Trinajstić information content (AvgIpc) is 2.40. The number of hydrogen-bond acceptors (Lipinski definition) is 6. The predicted molar refractivity (Wildman–Crippen MR) is 80.4 cm³/mol. The van der Waals surface area contributed by atoms with E-state index >= 15 is 0 Å². The van der Waals surface area contributed by atoms with Crippen molar-refractivity contribution in [1.29, 1.82) is 0 Å². The van der Waals surface area contributed by atoms with E-state index in [2.05, 4.69) is 20.3 Å². The maximum Gasteiger partial charge on any atom is 0.276 e. The Morgan fingerprint density at radius 1 is 1.41 bits per heavy atom. The van der Waals surface area contributed by atoms with Crippen molar-refractivity contribution in [1.82, 2.24) is 9.97 Å². The van der Waals surface area contributed by atoms with Gasteiger partial charge in [0.2, 0.25) is 6.41 Å². The zero-order valence-corrected chi connectivity index (χ0v) is 12.2. The van der Waals surface area contributed by atoms with Crippen LogP contribution in [0.4, 0.5) is 11.5 Å². The summed E-state index contributed by atoms with van der Waals surface area (Å²) in [6.07, 6.45) is 3.29. The first-order chi connectivity index (χ1) is 10.3. The number of amides is 1. The minimum atomic E-state index is -0.566. The van der Waals surface area contributed by atoms with Crippen molar-refractivity contribution >= 4 is 29.9 Å². The first kappa shape index (κ1) is 15.6. The Kier molecular flexibility index (Phi) is 4.20. The van der Waals surface area contributed by atoms with E-state index in [0.717, 1.165) is 6.33 Å². The topological polar surface area (TPSA) is 125 Å². The number of carbonyl (C=O) groups excluding carboxylic acids is 2. The number of anilines is 1. The molecule has 1 amide bonds. The lowest BCUT2D eigenvalue weighted by Gasteiger charge is -2.28. The van der Waals surface area contributed by atoms with Gasteiger partial charge in [-0.15, -0.1) is 0 Å². The maximum atomic E-state index is 12.0. The number of ketones is 1. The number of carbonyl (C=O) groups is 2. The number of Topliss-reactive ketones (excluding diaryl/α,β-unsaturated/α-hetero) is 1. The number of aliphatic imine (C=N–C) groups is 1. The minimum absolute atomic E-state index is 0.0419. The van der Waals surface area contributed by atoms with Crippen molar-refractivity contribution in [3.63, 3.8) is 0 Å². The fraction of sp³-hybridized carbons (Fsp3) is 0.357. The SMILES string of the molecule is CC1(C)CC(=O)C(/C=N/c2nc[nH]c(=O)c2NC=O)=C(O)C1. The van der Waals surface area contributed by atoms with Crippen LogP contribution < -0.4 is 10.9 Å². The molecule has 0 atom stereocenters. The molecular weight excluding hydrogens is 288 g/mol. The fourth-order valence-corrected chi connectivity index (χ4v) is 2.25. The van der Waals surface area contributed by atoms with Crippen molar-refractivity contribution in [2.75, 3.05) is 5.32 Å². The molecule has 1 heterocycles. The summed E-state index contributed by atoms with van der Waals surface area (Å²) in [6.45, 7) is 3.78. The summed E-state index contributed by atoms with van der Waals surface area (Å²) < 4.78 is 0. The Hall–Kier alpha value is -2.77. The van der Waals surface area contributed by atoms with Gasteiger partial charge in [-0.25, -0.2) is 9.98 Å². The molecule has 2 rings (SSSR count). The third-order valence-electron chi connectivity index (χ3n) is 3.25. The highest BCUT2D eigenvalue weighted by molar-refractivity contribution is 6.15. The lowest BCUT2D eigenvalue weighted by molar-refractivity contribution is -0.117.